The van der Waals surface area contributed by atoms with Crippen molar-refractivity contribution < 1.29 is 34.0 Å². The topological polar surface area (TPSA) is 102 Å². The molecule has 0 aromatic heterocycles. The summed E-state index contributed by atoms with van der Waals surface area (Å²) in [6, 6.07) is 0. The fourth-order valence-electron chi connectivity index (χ4n) is 2.98. The van der Waals surface area contributed by atoms with E-state index in [0.29, 0.717) is 19.3 Å². The standard InChI is InChI=1S/C22H34O7/c1-7-22(6,10-8-9-15(4)12-17(24)11-14(2)3)29-21-20(28-16(5)23)19(26)18(25)13-27-21/h7,9,11,18-21,25-26H,1,8,10,12-13H2,2-6H3/b15-9+/t18-,19+,20-,21+,22+/m0/s1. The minimum Gasteiger partial charge on any atom is -0.454 e. The van der Waals surface area contributed by atoms with Crippen molar-refractivity contribution in [2.24, 2.45) is 0 Å². The molecule has 0 spiro atoms. The number of aliphatic hydroxyl groups excluding tert-OH is 2. The normalized spacial score (nSPS) is 26.9. The molecule has 5 atom stereocenters. The van der Waals surface area contributed by atoms with Crippen LogP contribution >= 0.6 is 0 Å². The van der Waals surface area contributed by atoms with Gasteiger partial charge in [0.25, 0.3) is 0 Å². The predicted molar refractivity (Wildman–Crippen MR) is 109 cm³/mol. The van der Waals surface area contributed by atoms with E-state index in [9.17, 15) is 19.8 Å². The summed E-state index contributed by atoms with van der Waals surface area (Å²) in [6.45, 7) is 12.4. The van der Waals surface area contributed by atoms with Crippen LogP contribution in [0.2, 0.25) is 0 Å². The Morgan fingerprint density at radius 3 is 2.45 bits per heavy atom. The minimum atomic E-state index is -1.31. The fraction of sp³-hybridized carbons (Fsp3) is 0.636. The van der Waals surface area contributed by atoms with Crippen LogP contribution in [0.4, 0.5) is 0 Å². The summed E-state index contributed by atoms with van der Waals surface area (Å²) < 4.78 is 16.6. The van der Waals surface area contributed by atoms with Gasteiger partial charge in [0.15, 0.2) is 18.2 Å². The first-order valence-corrected chi connectivity index (χ1v) is 9.77. The molecule has 0 amide bonds. The zero-order valence-electron chi connectivity index (χ0n) is 18.0. The first-order valence-electron chi connectivity index (χ1n) is 9.77. The van der Waals surface area contributed by atoms with E-state index in [1.54, 1.807) is 12.2 Å². The Bertz CT molecular complexity index is 648. The van der Waals surface area contributed by atoms with Gasteiger partial charge in [-0.05, 0) is 46.6 Å². The highest BCUT2D eigenvalue weighted by Gasteiger charge is 2.44. The summed E-state index contributed by atoms with van der Waals surface area (Å²) in [6.07, 6.45) is 2.10. The average molecular weight is 411 g/mol. The third-order valence-electron chi connectivity index (χ3n) is 4.59. The monoisotopic (exact) mass is 410 g/mol. The number of hydrogen-bond acceptors (Lipinski definition) is 7. The molecule has 29 heavy (non-hydrogen) atoms. The van der Waals surface area contributed by atoms with Crippen LogP contribution < -0.4 is 0 Å². The first-order chi connectivity index (χ1) is 13.5. The number of allylic oxidation sites excluding steroid dienone is 4. The predicted octanol–water partition coefficient (Wildman–Crippen LogP) is 2.61. The highest BCUT2D eigenvalue weighted by molar-refractivity contribution is 5.91. The summed E-state index contributed by atoms with van der Waals surface area (Å²) >= 11 is 0. The van der Waals surface area contributed by atoms with E-state index in [0.717, 1.165) is 11.1 Å². The van der Waals surface area contributed by atoms with Crippen molar-refractivity contribution in [3.8, 4) is 0 Å². The molecular weight excluding hydrogens is 376 g/mol. The van der Waals surface area contributed by atoms with Crippen molar-refractivity contribution in [1.82, 2.24) is 0 Å². The van der Waals surface area contributed by atoms with Crippen LogP contribution in [0.25, 0.3) is 0 Å². The van der Waals surface area contributed by atoms with Crippen LogP contribution in [0, 0.1) is 0 Å². The molecule has 0 saturated carbocycles. The van der Waals surface area contributed by atoms with Gasteiger partial charge in [0.1, 0.15) is 12.2 Å². The van der Waals surface area contributed by atoms with Crippen LogP contribution in [0.1, 0.15) is 53.9 Å². The third kappa shape index (κ3) is 8.62. The Hall–Kier alpha value is -1.80. The zero-order valence-corrected chi connectivity index (χ0v) is 18.0. The molecule has 1 aliphatic rings. The number of ketones is 1. The number of hydrogen-bond donors (Lipinski definition) is 2. The Morgan fingerprint density at radius 2 is 1.90 bits per heavy atom. The van der Waals surface area contributed by atoms with Gasteiger partial charge in [-0.3, -0.25) is 9.59 Å². The highest BCUT2D eigenvalue weighted by Crippen LogP contribution is 2.28. The van der Waals surface area contributed by atoms with Gasteiger partial charge in [0.05, 0.1) is 12.2 Å². The molecule has 164 valence electrons. The molecule has 1 heterocycles. The number of carbonyl (C=O) groups is 2. The quantitative estimate of drug-likeness (QED) is 0.324. The van der Waals surface area contributed by atoms with E-state index in [-0.39, 0.29) is 12.4 Å². The van der Waals surface area contributed by atoms with E-state index in [1.807, 2.05) is 33.8 Å². The lowest BCUT2D eigenvalue weighted by atomic mass is 9.97. The summed E-state index contributed by atoms with van der Waals surface area (Å²) in [5.41, 5.74) is 1.10. The van der Waals surface area contributed by atoms with Crippen molar-refractivity contribution >= 4 is 11.8 Å². The zero-order chi connectivity index (χ0) is 22.2. The Labute approximate surface area is 173 Å². The number of carbonyl (C=O) groups excluding carboxylic acids is 2. The van der Waals surface area contributed by atoms with Gasteiger partial charge in [-0.2, -0.15) is 0 Å². The fourth-order valence-corrected chi connectivity index (χ4v) is 2.98. The lowest BCUT2D eigenvalue weighted by Gasteiger charge is -2.40. The molecule has 1 saturated heterocycles. The molecule has 1 rings (SSSR count). The van der Waals surface area contributed by atoms with Crippen LogP contribution in [0.5, 0.6) is 0 Å². The van der Waals surface area contributed by atoms with Gasteiger partial charge in [0.2, 0.25) is 0 Å². The Morgan fingerprint density at radius 1 is 1.24 bits per heavy atom. The van der Waals surface area contributed by atoms with Gasteiger partial charge in [0, 0.05) is 13.3 Å². The van der Waals surface area contributed by atoms with Gasteiger partial charge < -0.3 is 24.4 Å². The van der Waals surface area contributed by atoms with E-state index < -0.39 is 36.2 Å². The average Bonchev–Trinajstić information content (AvgIpc) is 2.60. The number of ether oxygens (including phenoxy) is 3. The maximum Gasteiger partial charge on any atom is 0.303 e. The highest BCUT2D eigenvalue weighted by atomic mass is 16.7. The summed E-state index contributed by atoms with van der Waals surface area (Å²) in [5.74, 6) is -0.547. The van der Waals surface area contributed by atoms with Gasteiger partial charge >= 0.3 is 5.97 Å². The van der Waals surface area contributed by atoms with E-state index in [1.165, 1.54) is 6.92 Å². The van der Waals surface area contributed by atoms with E-state index in [4.69, 9.17) is 14.2 Å². The molecule has 1 aliphatic heterocycles. The molecule has 7 nitrogen and oxygen atoms in total. The van der Waals surface area contributed by atoms with Gasteiger partial charge in [-0.25, -0.2) is 0 Å². The number of aliphatic hydroxyl groups is 2. The maximum absolute atomic E-state index is 11.9. The molecule has 1 fully saturated rings. The van der Waals surface area contributed by atoms with Crippen LogP contribution in [-0.2, 0) is 23.8 Å². The largest absolute Gasteiger partial charge is 0.454 e. The van der Waals surface area contributed by atoms with Crippen molar-refractivity contribution in [3.05, 3.63) is 36.0 Å². The molecular formula is C22H34O7. The smallest absolute Gasteiger partial charge is 0.303 e. The van der Waals surface area contributed by atoms with Crippen molar-refractivity contribution in [1.29, 1.82) is 0 Å². The maximum atomic E-state index is 11.9. The third-order valence-corrected chi connectivity index (χ3v) is 4.59. The summed E-state index contributed by atoms with van der Waals surface area (Å²) in [5, 5.41) is 19.9. The summed E-state index contributed by atoms with van der Waals surface area (Å²) in [7, 11) is 0. The van der Waals surface area contributed by atoms with Crippen LogP contribution in [-0.4, -0.2) is 58.8 Å². The second-order valence-electron chi connectivity index (χ2n) is 7.92. The molecule has 0 unspecified atom stereocenters. The molecule has 2 N–H and O–H groups in total. The van der Waals surface area contributed by atoms with Crippen LogP contribution in [0.3, 0.4) is 0 Å². The number of rotatable bonds is 10. The second-order valence-corrected chi connectivity index (χ2v) is 7.92. The van der Waals surface area contributed by atoms with Gasteiger partial charge in [-0.15, -0.1) is 6.58 Å². The van der Waals surface area contributed by atoms with Crippen LogP contribution in [0.15, 0.2) is 36.0 Å². The molecule has 7 heteroatoms. The lowest BCUT2D eigenvalue weighted by molar-refractivity contribution is -0.296. The van der Waals surface area contributed by atoms with E-state index >= 15 is 0 Å². The van der Waals surface area contributed by atoms with Crippen molar-refractivity contribution in [3.63, 3.8) is 0 Å². The molecule has 0 radical (unpaired) electrons. The second kappa shape index (κ2) is 11.4. The van der Waals surface area contributed by atoms with Crippen molar-refractivity contribution in [2.75, 3.05) is 6.61 Å². The SMILES string of the molecule is C=C[C@](C)(CC/C=C(\C)CC(=O)C=C(C)C)O[C@H]1OC[C@H](O)[C@@H](O)[C@@H]1OC(C)=O. The molecule has 0 aromatic rings. The molecule has 0 aromatic carbocycles. The van der Waals surface area contributed by atoms with Crippen molar-refractivity contribution in [2.45, 2.75) is 84.1 Å². The summed E-state index contributed by atoms with van der Waals surface area (Å²) in [4.78, 5) is 23.2. The lowest BCUT2D eigenvalue weighted by Crippen LogP contribution is -2.57. The minimum absolute atomic E-state index is 0.0638. The number of esters is 1. The molecule has 0 bridgehead atoms. The first kappa shape index (κ1) is 25.2. The van der Waals surface area contributed by atoms with E-state index in [2.05, 4.69) is 6.58 Å². The Kier molecular flexibility index (Phi) is 9.92. The molecule has 0 aliphatic carbocycles. The van der Waals surface area contributed by atoms with Gasteiger partial charge in [-0.1, -0.05) is 23.3 Å². The Balaban J connectivity index is 2.74.